The fourth-order valence-corrected chi connectivity index (χ4v) is 2.87. The second-order valence-corrected chi connectivity index (χ2v) is 5.23. The van der Waals surface area contributed by atoms with Crippen LogP contribution < -0.4 is 0 Å². The van der Waals surface area contributed by atoms with Gasteiger partial charge in [0.2, 0.25) is 0 Å². The fraction of sp³-hybridized carbons (Fsp3) is 0.467. The number of hydrogen-bond acceptors (Lipinski definition) is 3. The minimum absolute atomic E-state index is 0.0340. The van der Waals surface area contributed by atoms with Crippen LogP contribution >= 0.6 is 0 Å². The molecule has 2 saturated heterocycles. The van der Waals surface area contributed by atoms with E-state index in [1.165, 1.54) is 0 Å². The van der Waals surface area contributed by atoms with E-state index in [-0.39, 0.29) is 18.1 Å². The highest BCUT2D eigenvalue weighted by Gasteiger charge is 2.44. The normalized spacial score (nSPS) is 25.8. The second kappa shape index (κ2) is 5.63. The number of carbonyl (C=O) groups is 1. The van der Waals surface area contributed by atoms with E-state index in [0.717, 1.165) is 24.9 Å². The Kier molecular flexibility index (Phi) is 3.69. The molecule has 0 saturated carbocycles. The van der Waals surface area contributed by atoms with Crippen LogP contribution in [0, 0.1) is 0 Å². The number of carbonyl (C=O) groups excluding carboxylic acids is 1. The molecular weight excluding hydrogens is 254 g/mol. The van der Waals surface area contributed by atoms with E-state index in [0.29, 0.717) is 6.61 Å². The van der Waals surface area contributed by atoms with Crippen LogP contribution in [0.15, 0.2) is 35.3 Å². The number of piperidine rings is 1. The van der Waals surface area contributed by atoms with Crippen molar-refractivity contribution < 1.29 is 9.63 Å². The van der Waals surface area contributed by atoms with Gasteiger partial charge in [-0.3, -0.25) is 9.83 Å². The van der Waals surface area contributed by atoms with Gasteiger partial charge in [0.15, 0.2) is 0 Å². The Labute approximate surface area is 118 Å². The van der Waals surface area contributed by atoms with Gasteiger partial charge in [-0.05, 0) is 18.4 Å². The summed E-state index contributed by atoms with van der Waals surface area (Å²) in [6.45, 7) is 1.17. The molecule has 0 aromatic heterocycles. The lowest BCUT2D eigenvalue weighted by atomic mass is 10.0. The van der Waals surface area contributed by atoms with Crippen molar-refractivity contribution in [2.75, 3.05) is 13.6 Å². The molecule has 5 nitrogen and oxygen atoms in total. The predicted molar refractivity (Wildman–Crippen MR) is 76.4 cm³/mol. The van der Waals surface area contributed by atoms with Gasteiger partial charge >= 0.3 is 6.03 Å². The molecule has 2 heterocycles. The number of hydrogen-bond donors (Lipinski definition) is 0. The summed E-state index contributed by atoms with van der Waals surface area (Å²) in [5.74, 6) is 0. The Morgan fingerprint density at radius 2 is 2.15 bits per heavy atom. The van der Waals surface area contributed by atoms with Gasteiger partial charge in [-0.1, -0.05) is 30.3 Å². The number of hydroxylamine groups is 2. The average molecular weight is 273 g/mol. The van der Waals surface area contributed by atoms with E-state index < -0.39 is 0 Å². The number of fused-ring (bicyclic) bond motifs is 2. The number of aliphatic imine (C=N–C) groups is 1. The van der Waals surface area contributed by atoms with Gasteiger partial charge in [0, 0.05) is 19.8 Å². The second-order valence-electron chi connectivity index (χ2n) is 5.23. The SMILES string of the molecule is CN=C[C@@H]1CC[C@H]2CN1C(=O)N2OCc1ccccc1. The Morgan fingerprint density at radius 1 is 1.35 bits per heavy atom. The van der Waals surface area contributed by atoms with Gasteiger partial charge in [0.1, 0.15) is 6.61 Å². The lowest BCUT2D eigenvalue weighted by Crippen LogP contribution is -2.40. The molecule has 2 aliphatic heterocycles. The largest absolute Gasteiger partial charge is 0.344 e. The van der Waals surface area contributed by atoms with Crippen molar-refractivity contribution in [3.05, 3.63) is 35.9 Å². The lowest BCUT2D eigenvalue weighted by Gasteiger charge is -2.27. The first-order valence-corrected chi connectivity index (χ1v) is 6.98. The van der Waals surface area contributed by atoms with Gasteiger partial charge in [-0.2, -0.15) is 5.06 Å². The molecule has 2 fully saturated rings. The van der Waals surface area contributed by atoms with Crippen LogP contribution in [0.25, 0.3) is 0 Å². The van der Waals surface area contributed by atoms with E-state index >= 15 is 0 Å². The van der Waals surface area contributed by atoms with Crippen molar-refractivity contribution in [1.82, 2.24) is 9.96 Å². The van der Waals surface area contributed by atoms with Crippen molar-refractivity contribution in [1.29, 1.82) is 0 Å². The van der Waals surface area contributed by atoms with E-state index in [1.807, 2.05) is 41.4 Å². The number of nitrogens with zero attached hydrogens (tertiary/aromatic N) is 3. The highest BCUT2D eigenvalue weighted by molar-refractivity contribution is 5.81. The van der Waals surface area contributed by atoms with Crippen molar-refractivity contribution in [3.8, 4) is 0 Å². The van der Waals surface area contributed by atoms with Crippen molar-refractivity contribution in [2.24, 2.45) is 4.99 Å². The summed E-state index contributed by atoms with van der Waals surface area (Å²) < 4.78 is 0. The summed E-state index contributed by atoms with van der Waals surface area (Å²) in [6, 6.07) is 10.2. The summed E-state index contributed by atoms with van der Waals surface area (Å²) in [4.78, 5) is 24.0. The first kappa shape index (κ1) is 13.1. The molecule has 0 radical (unpaired) electrons. The zero-order valence-corrected chi connectivity index (χ0v) is 11.6. The number of benzene rings is 1. The highest BCUT2D eigenvalue weighted by atomic mass is 16.7. The molecule has 0 N–H and O–H groups in total. The Morgan fingerprint density at radius 3 is 2.90 bits per heavy atom. The third-order valence-corrected chi connectivity index (χ3v) is 3.90. The number of urea groups is 1. The summed E-state index contributed by atoms with van der Waals surface area (Å²) in [5.41, 5.74) is 1.07. The fourth-order valence-electron chi connectivity index (χ4n) is 2.87. The summed E-state index contributed by atoms with van der Waals surface area (Å²) in [7, 11) is 1.75. The zero-order valence-electron chi connectivity index (χ0n) is 11.6. The molecule has 2 aliphatic rings. The van der Waals surface area contributed by atoms with Gasteiger partial charge in [-0.15, -0.1) is 0 Å². The van der Waals surface area contributed by atoms with Crippen molar-refractivity contribution in [2.45, 2.75) is 31.5 Å². The summed E-state index contributed by atoms with van der Waals surface area (Å²) in [5, 5.41) is 1.55. The molecule has 1 aromatic carbocycles. The molecular formula is C15H19N3O2. The Balaban J connectivity index is 1.65. The van der Waals surface area contributed by atoms with Gasteiger partial charge in [0.25, 0.3) is 0 Å². The average Bonchev–Trinajstić information content (AvgIpc) is 2.73. The molecule has 3 rings (SSSR count). The standard InChI is InChI=1S/C15H19N3O2/c1-16-9-13-7-8-14-10-17(13)15(19)18(14)20-11-12-5-3-2-4-6-12/h2-6,9,13-14H,7-8,10-11H2,1H3/t13-,14-/m0/s1. The molecule has 2 amide bonds. The first-order valence-electron chi connectivity index (χ1n) is 6.98. The van der Waals surface area contributed by atoms with Crippen LogP contribution in [0.1, 0.15) is 18.4 Å². The third kappa shape index (κ3) is 2.41. The Hall–Kier alpha value is -1.88. The maximum absolute atomic E-state index is 12.4. The lowest BCUT2D eigenvalue weighted by molar-refractivity contribution is -0.140. The molecule has 1 aromatic rings. The van der Waals surface area contributed by atoms with Crippen LogP contribution in [0.5, 0.6) is 0 Å². The smallest absolute Gasteiger partial charge is 0.313 e. The molecule has 0 aliphatic carbocycles. The summed E-state index contributed by atoms with van der Waals surface area (Å²) >= 11 is 0. The number of rotatable bonds is 4. The molecule has 106 valence electrons. The maximum atomic E-state index is 12.4. The van der Waals surface area contributed by atoms with Crippen LogP contribution in [0.3, 0.4) is 0 Å². The van der Waals surface area contributed by atoms with Crippen LogP contribution in [-0.2, 0) is 11.4 Å². The third-order valence-electron chi connectivity index (χ3n) is 3.90. The minimum Gasteiger partial charge on any atom is -0.313 e. The highest BCUT2D eigenvalue weighted by Crippen LogP contribution is 2.29. The zero-order chi connectivity index (χ0) is 13.9. The van der Waals surface area contributed by atoms with Crippen LogP contribution in [0.2, 0.25) is 0 Å². The van der Waals surface area contributed by atoms with Crippen molar-refractivity contribution >= 4 is 12.2 Å². The monoisotopic (exact) mass is 273 g/mol. The molecule has 5 heteroatoms. The van der Waals surface area contributed by atoms with E-state index in [2.05, 4.69) is 4.99 Å². The van der Waals surface area contributed by atoms with E-state index in [1.54, 1.807) is 12.1 Å². The molecule has 2 atom stereocenters. The molecule has 20 heavy (non-hydrogen) atoms. The van der Waals surface area contributed by atoms with E-state index in [4.69, 9.17) is 4.84 Å². The van der Waals surface area contributed by atoms with Crippen molar-refractivity contribution in [3.63, 3.8) is 0 Å². The topological polar surface area (TPSA) is 45.1 Å². The Bertz CT molecular complexity index is 503. The maximum Gasteiger partial charge on any atom is 0.344 e. The summed E-state index contributed by atoms with van der Waals surface area (Å²) in [6.07, 6.45) is 3.78. The first-order chi connectivity index (χ1) is 9.79. The van der Waals surface area contributed by atoms with Crippen LogP contribution in [-0.4, -0.2) is 47.9 Å². The minimum atomic E-state index is -0.0340. The molecule has 0 spiro atoms. The van der Waals surface area contributed by atoms with Crippen LogP contribution in [0.4, 0.5) is 4.79 Å². The van der Waals surface area contributed by atoms with Gasteiger partial charge in [0.05, 0.1) is 12.1 Å². The van der Waals surface area contributed by atoms with Gasteiger partial charge < -0.3 is 4.90 Å². The quantitative estimate of drug-likeness (QED) is 0.788. The predicted octanol–water partition coefficient (Wildman–Crippen LogP) is 2.09. The molecule has 0 unspecified atom stereocenters. The molecule has 2 bridgehead atoms. The van der Waals surface area contributed by atoms with E-state index in [9.17, 15) is 4.79 Å². The number of amides is 2. The van der Waals surface area contributed by atoms with Gasteiger partial charge in [-0.25, -0.2) is 4.79 Å².